The molecular formula is C108H84N12. The largest absolute Gasteiger partial charge is 0.309 e. The van der Waals surface area contributed by atoms with E-state index in [0.717, 1.165) is 22.7 Å². The Kier molecular flexibility index (Phi) is 20.2. The third-order valence-electron chi connectivity index (χ3n) is 22.6. The lowest BCUT2D eigenvalue weighted by Gasteiger charge is -2.08. The maximum absolute atomic E-state index is 4.60. The molecule has 0 radical (unpaired) electrons. The molecular weight excluding hydrogens is 1470 g/mol. The van der Waals surface area contributed by atoms with Gasteiger partial charge in [-0.3, -0.25) is 29.1 Å². The van der Waals surface area contributed by atoms with Crippen LogP contribution in [0.1, 0.15) is 33.4 Å². The maximum Gasteiger partial charge on any atom is 0.145 e. The molecule has 12 nitrogen and oxygen atoms in total. The Morgan fingerprint density at radius 3 is 1.02 bits per heavy atom. The molecule has 0 atom stereocenters. The lowest BCUT2D eigenvalue weighted by molar-refractivity contribution is 1.13. The van der Waals surface area contributed by atoms with Crippen molar-refractivity contribution < 1.29 is 0 Å². The first-order chi connectivity index (χ1) is 59.1. The van der Waals surface area contributed by atoms with Crippen LogP contribution >= 0.6 is 0 Å². The second-order valence-corrected chi connectivity index (χ2v) is 30.3. The second kappa shape index (κ2) is 32.6. The molecule has 0 aliphatic heterocycles. The van der Waals surface area contributed by atoms with Gasteiger partial charge in [0.05, 0.1) is 55.2 Å². The van der Waals surface area contributed by atoms with Gasteiger partial charge < -0.3 is 18.3 Å². The zero-order chi connectivity index (χ0) is 81.2. The Morgan fingerprint density at radius 2 is 0.508 bits per heavy atom. The average Bonchev–Trinajstić information content (AvgIpc) is 1.80. The van der Waals surface area contributed by atoms with Gasteiger partial charge in [-0.15, -0.1) is 0 Å². The highest BCUT2D eigenvalue weighted by atomic mass is 15.1. The van der Waals surface area contributed by atoms with E-state index >= 15 is 0 Å². The van der Waals surface area contributed by atoms with Crippen molar-refractivity contribution in [3.8, 4) is 34.1 Å². The first-order valence-electron chi connectivity index (χ1n) is 40.5. The molecule has 0 fully saturated rings. The van der Waals surface area contributed by atoms with Crippen molar-refractivity contribution >= 4 is 131 Å². The van der Waals surface area contributed by atoms with Gasteiger partial charge in [0.25, 0.3) is 0 Å². The number of nitrogens with zero attached hydrogens (tertiary/aromatic N) is 12. The van der Waals surface area contributed by atoms with Crippen LogP contribution in [0.15, 0.2) is 402 Å². The third kappa shape index (κ3) is 13.9. The Labute approximate surface area is 694 Å². The van der Waals surface area contributed by atoms with E-state index in [2.05, 4.69) is 390 Å². The van der Waals surface area contributed by atoms with Gasteiger partial charge in [-0.1, -0.05) is 194 Å². The highest BCUT2D eigenvalue weighted by molar-refractivity contribution is 6.14. The molecule has 12 aromatic carbocycles. The molecule has 120 heavy (non-hydrogen) atoms. The summed E-state index contributed by atoms with van der Waals surface area (Å²) in [4.78, 5) is 26.3. The van der Waals surface area contributed by atoms with Gasteiger partial charge in [0.2, 0.25) is 0 Å². The van der Waals surface area contributed by atoms with Crippen LogP contribution in [0.3, 0.4) is 0 Å². The summed E-state index contributed by atoms with van der Waals surface area (Å²) in [6.07, 6.45) is 19.0. The van der Waals surface area contributed by atoms with Gasteiger partial charge in [0.15, 0.2) is 0 Å². The van der Waals surface area contributed by atoms with Gasteiger partial charge in [0, 0.05) is 161 Å². The summed E-state index contributed by atoms with van der Waals surface area (Å²) in [5.41, 5.74) is 28.9. The molecule has 576 valence electrons. The summed E-state index contributed by atoms with van der Waals surface area (Å²) >= 11 is 0. The molecule has 0 saturated carbocycles. The molecule has 0 unspecified atom stereocenters. The van der Waals surface area contributed by atoms with Crippen molar-refractivity contribution in [3.63, 3.8) is 0 Å². The van der Waals surface area contributed by atoms with Crippen molar-refractivity contribution in [2.45, 2.75) is 41.5 Å². The molecule has 12 aromatic heterocycles. The number of hydrogen-bond acceptors (Lipinski definition) is 6. The van der Waals surface area contributed by atoms with E-state index in [1.165, 1.54) is 176 Å². The van der Waals surface area contributed by atoms with Crippen molar-refractivity contribution in [3.05, 3.63) is 435 Å². The summed E-state index contributed by atoms with van der Waals surface area (Å²) in [5, 5.41) is 14.8. The molecule has 0 aliphatic rings. The molecule has 0 amide bonds. The van der Waals surface area contributed by atoms with Crippen molar-refractivity contribution in [2.24, 2.45) is 0 Å². The molecule has 0 spiro atoms. The van der Waals surface area contributed by atoms with Crippen LogP contribution in [-0.2, 0) is 0 Å². The van der Waals surface area contributed by atoms with Gasteiger partial charge in [0.1, 0.15) is 11.3 Å². The van der Waals surface area contributed by atoms with E-state index in [1.807, 2.05) is 110 Å². The first-order valence-corrected chi connectivity index (χ1v) is 40.5. The topological polar surface area (TPSA) is 107 Å². The molecule has 0 saturated heterocycles. The van der Waals surface area contributed by atoms with Crippen molar-refractivity contribution in [1.82, 2.24) is 57.3 Å². The highest BCUT2D eigenvalue weighted by Gasteiger charge is 2.20. The lowest BCUT2D eigenvalue weighted by atomic mass is 10.1. The van der Waals surface area contributed by atoms with E-state index in [1.54, 1.807) is 0 Å². The molecule has 24 aromatic rings. The van der Waals surface area contributed by atoms with E-state index in [-0.39, 0.29) is 0 Å². The van der Waals surface area contributed by atoms with Crippen molar-refractivity contribution in [1.29, 1.82) is 0 Å². The fourth-order valence-electron chi connectivity index (χ4n) is 17.2. The Morgan fingerprint density at radius 1 is 0.183 bits per heavy atom. The summed E-state index contributed by atoms with van der Waals surface area (Å²) in [5.74, 6) is 0. The summed E-state index contributed by atoms with van der Waals surface area (Å²) in [7, 11) is 0. The summed E-state index contributed by atoms with van der Waals surface area (Å²) in [6.45, 7) is 12.9. The second-order valence-electron chi connectivity index (χ2n) is 30.3. The maximum atomic E-state index is 4.60. The van der Waals surface area contributed by atoms with Gasteiger partial charge in [-0.05, 0) is 221 Å². The van der Waals surface area contributed by atoms with Crippen LogP contribution in [-0.4, -0.2) is 57.3 Å². The lowest BCUT2D eigenvalue weighted by Crippen LogP contribution is -1.95. The Hall–Kier alpha value is -15.7. The zero-order valence-corrected chi connectivity index (χ0v) is 67.5. The van der Waals surface area contributed by atoms with E-state index in [4.69, 9.17) is 0 Å². The highest BCUT2D eigenvalue weighted by Crippen LogP contribution is 2.39. The zero-order valence-electron chi connectivity index (χ0n) is 67.5. The summed E-state index contributed by atoms with van der Waals surface area (Å²) in [6, 6.07) is 118. The number of aromatic nitrogens is 12. The van der Waals surface area contributed by atoms with Gasteiger partial charge in [-0.25, -0.2) is 9.97 Å². The number of aryl methyl sites for hydroxylation is 6. The van der Waals surface area contributed by atoms with Gasteiger partial charge in [-0.2, -0.15) is 0 Å². The number of rotatable bonds is 6. The molecule has 24 rings (SSSR count). The number of hydrogen-bond donors (Lipinski definition) is 0. The normalized spacial score (nSPS) is 11.2. The van der Waals surface area contributed by atoms with E-state index < -0.39 is 0 Å². The Bertz CT molecular complexity index is 7430. The van der Waals surface area contributed by atoms with Crippen LogP contribution in [0.2, 0.25) is 0 Å². The molecule has 0 aliphatic carbocycles. The SMILES string of the molecule is Cc1ccc2c(c1)c1cnccc1n2-c1ccccc1.Cc1ccc2c3cccnc3n(-c3ccccc3)c2c1.Cc1ccc2c3cnccc3n(-c3ccccc3)c2c1.Cc1cccc2c1c1cnccc1n2-c1ccccc1.Cc1cccc2c3cccnc3n(-c3ccccc3)c12.Cc1cccc2c3cnccc3n(-c3ccccc3)c12. The first kappa shape index (κ1) is 74.4. The van der Waals surface area contributed by atoms with Crippen LogP contribution in [0.4, 0.5) is 0 Å². The van der Waals surface area contributed by atoms with Gasteiger partial charge >= 0.3 is 0 Å². The number of fused-ring (bicyclic) bond motifs is 18. The predicted molar refractivity (Wildman–Crippen MR) is 500 cm³/mol. The smallest absolute Gasteiger partial charge is 0.145 e. The van der Waals surface area contributed by atoms with E-state index in [9.17, 15) is 0 Å². The quantitative estimate of drug-likeness (QED) is 0.164. The van der Waals surface area contributed by atoms with Crippen molar-refractivity contribution in [2.75, 3.05) is 0 Å². The molecule has 0 bridgehead atoms. The molecule has 0 N–H and O–H groups in total. The minimum atomic E-state index is 1.01. The van der Waals surface area contributed by atoms with Crippen LogP contribution in [0.25, 0.3) is 165 Å². The predicted octanol–water partition coefficient (Wildman–Crippen LogP) is 26.9. The third-order valence-corrected chi connectivity index (χ3v) is 22.6. The van der Waals surface area contributed by atoms with Crippen LogP contribution in [0.5, 0.6) is 0 Å². The monoisotopic (exact) mass is 1550 g/mol. The van der Waals surface area contributed by atoms with Crippen LogP contribution in [0, 0.1) is 41.5 Å². The number of benzene rings is 12. The molecule has 12 heterocycles. The van der Waals surface area contributed by atoms with E-state index in [0.29, 0.717) is 0 Å². The summed E-state index contributed by atoms with van der Waals surface area (Å²) < 4.78 is 13.7. The number of pyridine rings is 6. The minimum Gasteiger partial charge on any atom is -0.309 e. The standard InChI is InChI=1S/6C18H14N2/c1-13-7-5-10-15-16-11-6-12-19-18(16)20(17(13)15)14-8-3-2-4-9-14;1-13-6-5-9-17-18(13)15-12-19-11-10-16(15)20(17)14-7-3-2-4-8-14;1-13-6-5-9-15-16-12-19-11-10-17(16)20(18(13)15)14-7-3-2-4-8-14;1-13-9-10-15-16-8-5-11-19-18(16)20(17(15)12-13)14-6-3-2-4-7-14;1-13-7-8-17-15(11-13)16-12-19-10-9-18(16)20(17)14-5-3-2-4-6-14;1-13-7-8-15-16-12-19-10-9-17(16)20(18(15)11-13)14-5-3-2-4-6-14/h6*2-12H,1H3. The fourth-order valence-corrected chi connectivity index (χ4v) is 17.2. The number of para-hydroxylation sites is 8. The fraction of sp³-hybridized carbons (Fsp3) is 0.0556. The average molecular weight is 1550 g/mol. The Balaban J connectivity index is 0.0000000952. The minimum absolute atomic E-state index is 1.01. The van der Waals surface area contributed by atoms with Crippen LogP contribution < -0.4 is 0 Å². The molecule has 12 heteroatoms.